The van der Waals surface area contributed by atoms with E-state index in [-0.39, 0.29) is 30.4 Å². The molecule has 0 aliphatic heterocycles. The summed E-state index contributed by atoms with van der Waals surface area (Å²) < 4.78 is 0.830. The second kappa shape index (κ2) is 8.29. The van der Waals surface area contributed by atoms with Crippen LogP contribution in [0.3, 0.4) is 0 Å². The summed E-state index contributed by atoms with van der Waals surface area (Å²) in [6.07, 6.45) is 0. The van der Waals surface area contributed by atoms with Gasteiger partial charge >= 0.3 is 0 Å². The summed E-state index contributed by atoms with van der Waals surface area (Å²) in [6.45, 7) is 8.73. The summed E-state index contributed by atoms with van der Waals surface area (Å²) in [4.78, 5) is 25.8. The molecule has 5 nitrogen and oxygen atoms in total. The predicted octanol–water partition coefficient (Wildman–Crippen LogP) is 2.62. The second-order valence-electron chi connectivity index (χ2n) is 6.13. The lowest BCUT2D eigenvalue weighted by Gasteiger charge is -2.24. The maximum absolute atomic E-state index is 12.1. The molecule has 0 unspecified atom stereocenters. The number of carbonyl (C=O) groups excluding carboxylic acids is 2. The number of hydrogen-bond donors (Lipinski definition) is 2. The van der Waals surface area contributed by atoms with Crippen LogP contribution in [-0.4, -0.2) is 41.9 Å². The highest BCUT2D eigenvalue weighted by atomic mass is 79.9. The number of nitrogens with zero attached hydrogens (tertiary/aromatic N) is 1. The molecule has 2 N–H and O–H groups in total. The molecule has 0 spiro atoms. The first kappa shape index (κ1) is 18.6. The van der Waals surface area contributed by atoms with Gasteiger partial charge in [-0.1, -0.05) is 19.1 Å². The van der Waals surface area contributed by atoms with Crippen LogP contribution in [0, 0.1) is 0 Å². The number of likely N-dealkylation sites (N-methyl/N-ethyl adjacent to an activating group) is 1. The molecule has 0 atom stereocenters. The van der Waals surface area contributed by atoms with Crippen LogP contribution in [0.15, 0.2) is 28.7 Å². The van der Waals surface area contributed by atoms with Crippen LogP contribution in [0.4, 0.5) is 5.69 Å². The molecule has 0 aliphatic rings. The van der Waals surface area contributed by atoms with Crippen LogP contribution in [0.1, 0.15) is 27.7 Å². The molecule has 0 heterocycles. The van der Waals surface area contributed by atoms with Crippen molar-refractivity contribution in [3.63, 3.8) is 0 Å². The van der Waals surface area contributed by atoms with Gasteiger partial charge in [0.1, 0.15) is 0 Å². The van der Waals surface area contributed by atoms with E-state index in [2.05, 4.69) is 26.6 Å². The minimum Gasteiger partial charge on any atom is -0.350 e. The number of carbonyl (C=O) groups is 2. The van der Waals surface area contributed by atoms with Gasteiger partial charge in [-0.15, -0.1) is 0 Å². The van der Waals surface area contributed by atoms with E-state index in [1.807, 2.05) is 52.0 Å². The van der Waals surface area contributed by atoms with E-state index < -0.39 is 0 Å². The van der Waals surface area contributed by atoms with Crippen molar-refractivity contribution in [1.82, 2.24) is 10.2 Å². The molecular weight excluding hydrogens is 346 g/mol. The molecule has 0 aromatic heterocycles. The highest BCUT2D eigenvalue weighted by Crippen LogP contribution is 2.20. The molecule has 6 heteroatoms. The first-order valence-corrected chi connectivity index (χ1v) is 8.08. The van der Waals surface area contributed by atoms with Gasteiger partial charge in [-0.3, -0.25) is 14.5 Å². The topological polar surface area (TPSA) is 61.4 Å². The summed E-state index contributed by atoms with van der Waals surface area (Å²) in [5, 5.41) is 5.73. The summed E-state index contributed by atoms with van der Waals surface area (Å²) in [5.74, 6) is -0.222. The monoisotopic (exact) mass is 369 g/mol. The van der Waals surface area contributed by atoms with Crippen molar-refractivity contribution < 1.29 is 9.59 Å². The Balaban J connectivity index is 2.53. The van der Waals surface area contributed by atoms with Gasteiger partial charge in [0.05, 0.1) is 18.8 Å². The van der Waals surface area contributed by atoms with E-state index in [9.17, 15) is 9.59 Å². The van der Waals surface area contributed by atoms with Gasteiger partial charge in [-0.05, 0) is 55.4 Å². The Labute approximate surface area is 140 Å². The van der Waals surface area contributed by atoms with Crippen LogP contribution in [0.2, 0.25) is 0 Å². The minimum absolute atomic E-state index is 0.0805. The largest absolute Gasteiger partial charge is 0.350 e. The fourth-order valence-electron chi connectivity index (χ4n) is 1.90. The smallest absolute Gasteiger partial charge is 0.238 e. The summed E-state index contributed by atoms with van der Waals surface area (Å²) in [5.41, 5.74) is 0.455. The molecule has 1 aromatic rings. The molecule has 22 heavy (non-hydrogen) atoms. The van der Waals surface area contributed by atoms with Gasteiger partial charge in [-0.2, -0.15) is 0 Å². The summed E-state index contributed by atoms with van der Waals surface area (Å²) in [6, 6.07) is 7.43. The van der Waals surface area contributed by atoms with Gasteiger partial charge in [0.2, 0.25) is 11.8 Å². The zero-order valence-electron chi connectivity index (χ0n) is 13.6. The van der Waals surface area contributed by atoms with Crippen molar-refractivity contribution in [2.45, 2.75) is 33.2 Å². The second-order valence-corrected chi connectivity index (χ2v) is 6.98. The number of rotatable bonds is 6. The normalized spacial score (nSPS) is 11.4. The molecule has 0 fully saturated rings. The van der Waals surface area contributed by atoms with Gasteiger partial charge in [0.25, 0.3) is 0 Å². The highest BCUT2D eigenvalue weighted by Gasteiger charge is 2.18. The number of para-hydroxylation sites is 1. The molecule has 0 radical (unpaired) electrons. The molecular formula is C16H24BrN3O2. The number of hydrogen-bond acceptors (Lipinski definition) is 3. The third kappa shape index (κ3) is 7.04. The molecule has 0 saturated heterocycles. The minimum atomic E-state index is -0.270. The lowest BCUT2D eigenvalue weighted by molar-refractivity contribution is -0.124. The fourth-order valence-corrected chi connectivity index (χ4v) is 2.28. The van der Waals surface area contributed by atoms with Crippen LogP contribution < -0.4 is 10.6 Å². The average molecular weight is 370 g/mol. The third-order valence-electron chi connectivity index (χ3n) is 2.84. The molecule has 0 saturated carbocycles. The molecule has 2 amide bonds. The van der Waals surface area contributed by atoms with Crippen LogP contribution >= 0.6 is 15.9 Å². The summed E-state index contributed by atoms with van der Waals surface area (Å²) >= 11 is 3.39. The Morgan fingerprint density at radius 3 is 2.27 bits per heavy atom. The first-order chi connectivity index (χ1) is 10.2. The Bertz CT molecular complexity index is 526. The zero-order chi connectivity index (χ0) is 16.8. The quantitative estimate of drug-likeness (QED) is 0.809. The van der Waals surface area contributed by atoms with Crippen molar-refractivity contribution >= 4 is 33.4 Å². The van der Waals surface area contributed by atoms with Gasteiger partial charge in [-0.25, -0.2) is 0 Å². The lowest BCUT2D eigenvalue weighted by Crippen LogP contribution is -2.47. The maximum Gasteiger partial charge on any atom is 0.238 e. The SMILES string of the molecule is CCN(CC(=O)Nc1ccccc1Br)CC(=O)NC(C)(C)C. The molecule has 1 rings (SSSR count). The van der Waals surface area contributed by atoms with Crippen molar-refractivity contribution in [3.05, 3.63) is 28.7 Å². The fraction of sp³-hybridized carbons (Fsp3) is 0.500. The van der Waals surface area contributed by atoms with Gasteiger partial charge in [0.15, 0.2) is 0 Å². The predicted molar refractivity (Wildman–Crippen MR) is 92.8 cm³/mol. The maximum atomic E-state index is 12.1. The van der Waals surface area contributed by atoms with E-state index in [4.69, 9.17) is 0 Å². The average Bonchev–Trinajstić information content (AvgIpc) is 2.38. The number of benzene rings is 1. The van der Waals surface area contributed by atoms with E-state index in [1.54, 1.807) is 4.90 Å². The van der Waals surface area contributed by atoms with Crippen LogP contribution in [-0.2, 0) is 9.59 Å². The number of anilines is 1. The Kier molecular flexibility index (Phi) is 7.03. The molecule has 122 valence electrons. The van der Waals surface area contributed by atoms with Gasteiger partial charge < -0.3 is 10.6 Å². The van der Waals surface area contributed by atoms with Crippen LogP contribution in [0.25, 0.3) is 0 Å². The molecule has 0 aliphatic carbocycles. The van der Waals surface area contributed by atoms with E-state index in [1.165, 1.54) is 0 Å². The number of halogens is 1. The van der Waals surface area contributed by atoms with E-state index in [0.717, 1.165) is 10.2 Å². The Morgan fingerprint density at radius 2 is 1.73 bits per heavy atom. The van der Waals surface area contributed by atoms with Crippen molar-refractivity contribution in [3.8, 4) is 0 Å². The van der Waals surface area contributed by atoms with Crippen molar-refractivity contribution in [2.24, 2.45) is 0 Å². The summed E-state index contributed by atoms with van der Waals surface area (Å²) in [7, 11) is 0. The van der Waals surface area contributed by atoms with Crippen molar-refractivity contribution in [1.29, 1.82) is 0 Å². The van der Waals surface area contributed by atoms with E-state index >= 15 is 0 Å². The third-order valence-corrected chi connectivity index (χ3v) is 3.54. The van der Waals surface area contributed by atoms with Crippen LogP contribution in [0.5, 0.6) is 0 Å². The Morgan fingerprint density at radius 1 is 1.14 bits per heavy atom. The number of amides is 2. The lowest BCUT2D eigenvalue weighted by atomic mass is 10.1. The Hall–Kier alpha value is -1.40. The standard InChI is InChI=1S/C16H24BrN3O2/c1-5-20(11-15(22)19-16(2,3)4)10-14(21)18-13-9-7-6-8-12(13)17/h6-9H,5,10-11H2,1-4H3,(H,18,21)(H,19,22). The van der Waals surface area contributed by atoms with Gasteiger partial charge in [0, 0.05) is 10.0 Å². The molecule has 0 bridgehead atoms. The van der Waals surface area contributed by atoms with Crippen molar-refractivity contribution in [2.75, 3.05) is 25.0 Å². The van der Waals surface area contributed by atoms with E-state index in [0.29, 0.717) is 6.54 Å². The highest BCUT2D eigenvalue weighted by molar-refractivity contribution is 9.10. The molecule has 1 aromatic carbocycles. The number of nitrogens with one attached hydrogen (secondary N) is 2. The zero-order valence-corrected chi connectivity index (χ0v) is 15.2. The first-order valence-electron chi connectivity index (χ1n) is 7.29.